The summed E-state index contributed by atoms with van der Waals surface area (Å²) in [5.41, 5.74) is -3.41. The number of carbonyl (C=O) groups is 2. The minimum atomic E-state index is -4.37. The summed E-state index contributed by atoms with van der Waals surface area (Å²) in [6.45, 7) is 8.04. The van der Waals surface area contributed by atoms with Gasteiger partial charge in [-0.15, -0.1) is 5.10 Å². The zero-order valence-corrected chi connectivity index (χ0v) is 25.2. The van der Waals surface area contributed by atoms with E-state index in [1.807, 2.05) is 0 Å². The molecule has 0 amide bonds. The summed E-state index contributed by atoms with van der Waals surface area (Å²) in [6, 6.07) is 1.12. The monoisotopic (exact) mass is 617 g/mol. The number of aromatic amines is 1. The number of esters is 2. The lowest BCUT2D eigenvalue weighted by Gasteiger charge is -2.20. The second-order valence-electron chi connectivity index (χ2n) is 11.4. The fraction of sp³-hybridized carbons (Fsp3) is 0.667. The summed E-state index contributed by atoms with van der Waals surface area (Å²) >= 11 is 0. The molecule has 2 N–H and O–H groups in total. The highest BCUT2D eigenvalue weighted by molar-refractivity contribution is 7.61. The van der Waals surface area contributed by atoms with Crippen molar-refractivity contribution < 1.29 is 47.3 Å². The number of H-pyrrole nitrogens is 1. The number of hydrogen-bond acceptors (Lipinski definition) is 14. The van der Waals surface area contributed by atoms with E-state index in [0.29, 0.717) is 0 Å². The van der Waals surface area contributed by atoms with Crippen LogP contribution in [0, 0.1) is 10.8 Å². The molecule has 0 radical (unpaired) electrons. The lowest BCUT2D eigenvalue weighted by Crippen LogP contribution is -2.38. The van der Waals surface area contributed by atoms with Gasteiger partial charge < -0.3 is 24.1 Å². The van der Waals surface area contributed by atoms with E-state index in [1.165, 1.54) is 24.2 Å². The van der Waals surface area contributed by atoms with Crippen LogP contribution in [0.5, 0.6) is 0 Å². The van der Waals surface area contributed by atoms with E-state index in [2.05, 4.69) is 15.3 Å². The number of nitrogens with one attached hydrogen (secondary N) is 1. The van der Waals surface area contributed by atoms with E-state index in [-0.39, 0.29) is 12.0 Å². The van der Waals surface area contributed by atoms with Gasteiger partial charge in [0.05, 0.1) is 23.6 Å². The Kier molecular flexibility index (Phi) is 10.3. The molecular formula is C24H36N5O12P. The number of carbonyl (C=O) groups excluding carboxylic acids is 2. The van der Waals surface area contributed by atoms with Gasteiger partial charge in [-0.25, -0.2) is 9.48 Å². The van der Waals surface area contributed by atoms with Gasteiger partial charge in [-0.1, -0.05) is 5.21 Å². The summed E-state index contributed by atoms with van der Waals surface area (Å²) in [7, 11) is -3.05. The second-order valence-corrected chi connectivity index (χ2v) is 13.4. The molecule has 3 rings (SSSR count). The molecule has 0 aromatic carbocycles. The summed E-state index contributed by atoms with van der Waals surface area (Å²) in [4.78, 5) is 50.1. The average molecular weight is 618 g/mol. The number of nitrogens with zero attached hydrogens (tertiary/aromatic N) is 4. The fourth-order valence-corrected chi connectivity index (χ4v) is 4.71. The molecule has 3 heterocycles. The van der Waals surface area contributed by atoms with E-state index >= 15 is 0 Å². The van der Waals surface area contributed by atoms with Gasteiger partial charge in [0.15, 0.2) is 11.7 Å². The van der Waals surface area contributed by atoms with Crippen molar-refractivity contribution in [2.24, 2.45) is 10.8 Å². The lowest BCUT2D eigenvalue weighted by molar-refractivity contribution is -0.161. The van der Waals surface area contributed by atoms with Crippen LogP contribution in [0.2, 0.25) is 0 Å². The van der Waals surface area contributed by atoms with Gasteiger partial charge in [0.2, 0.25) is 13.6 Å². The highest BCUT2D eigenvalue weighted by atomic mass is 31.2. The minimum absolute atomic E-state index is 0.152. The number of aliphatic hydroxyl groups is 1. The lowest BCUT2D eigenvalue weighted by atomic mass is 9.98. The molecule has 4 unspecified atom stereocenters. The summed E-state index contributed by atoms with van der Waals surface area (Å²) in [6.07, 6.45) is -1.92. The molecule has 4 atom stereocenters. The van der Waals surface area contributed by atoms with Crippen LogP contribution in [0.15, 0.2) is 28.0 Å². The SMILES string of the molecule is COC1C(O)C(Cn2cc(P(=O)(OCOC(=O)C(C)(C)C)OCOC(=O)C(C)(C)C)nn2)OC1n1ccc(=O)[nH]c1=O. The van der Waals surface area contributed by atoms with Crippen LogP contribution >= 0.6 is 7.60 Å². The molecule has 1 aliphatic heterocycles. The van der Waals surface area contributed by atoms with Gasteiger partial charge in [0.25, 0.3) is 5.56 Å². The first-order valence-electron chi connectivity index (χ1n) is 12.8. The Hall–Kier alpha value is -3.21. The smallest absolute Gasteiger partial charge is 0.388 e. The zero-order valence-electron chi connectivity index (χ0n) is 24.3. The molecule has 0 saturated carbocycles. The number of aliphatic hydroxyl groups excluding tert-OH is 1. The molecule has 1 saturated heterocycles. The third kappa shape index (κ3) is 7.99. The number of methoxy groups -OCH3 is 1. The maximum absolute atomic E-state index is 13.7. The molecular weight excluding hydrogens is 581 g/mol. The molecule has 0 aliphatic carbocycles. The summed E-state index contributed by atoms with van der Waals surface area (Å²) < 4.78 is 47.8. The molecule has 2 aromatic heterocycles. The molecule has 1 aliphatic rings. The minimum Gasteiger partial charge on any atom is -0.438 e. The standard InChI is InChI=1S/C24H36N5O12P/c1-23(2,3)20(32)37-12-39-42(35,40-13-38-21(33)24(4,5)6)16-11-28(27-26-16)10-14-17(31)18(36-7)19(41-14)29-9-8-15(30)25-22(29)34/h8-9,11,14,17-19,31H,10,12-13H2,1-7H3,(H,25,30,34). The molecule has 0 bridgehead atoms. The van der Waals surface area contributed by atoms with Crippen LogP contribution in [-0.4, -0.2) is 80.6 Å². The zero-order chi connectivity index (χ0) is 31.5. The van der Waals surface area contributed by atoms with Crippen LogP contribution in [-0.2, 0) is 48.7 Å². The maximum atomic E-state index is 13.7. The predicted octanol–water partition coefficient (Wildman–Crippen LogP) is 0.0468. The number of rotatable bonds is 11. The van der Waals surface area contributed by atoms with Crippen molar-refractivity contribution in [3.05, 3.63) is 39.3 Å². The van der Waals surface area contributed by atoms with E-state index in [0.717, 1.165) is 10.6 Å². The van der Waals surface area contributed by atoms with Crippen LogP contribution in [0.25, 0.3) is 0 Å². The van der Waals surface area contributed by atoms with E-state index in [4.69, 9.17) is 28.0 Å². The highest BCUT2D eigenvalue weighted by Gasteiger charge is 2.46. The molecule has 0 spiro atoms. The Labute approximate surface area is 240 Å². The average Bonchev–Trinajstić information content (AvgIpc) is 3.47. The normalized spacial score (nSPS) is 21.3. The fourth-order valence-electron chi connectivity index (χ4n) is 3.56. The first-order valence-corrected chi connectivity index (χ1v) is 14.3. The molecule has 1 fully saturated rings. The van der Waals surface area contributed by atoms with Crippen molar-refractivity contribution in [2.75, 3.05) is 20.7 Å². The number of hydrogen-bond donors (Lipinski definition) is 2. The van der Waals surface area contributed by atoms with Crippen molar-refractivity contribution in [2.45, 2.75) is 72.6 Å². The molecule has 17 nitrogen and oxygen atoms in total. The van der Waals surface area contributed by atoms with E-state index < -0.39 is 79.7 Å². The molecule has 42 heavy (non-hydrogen) atoms. The van der Waals surface area contributed by atoms with Crippen molar-refractivity contribution in [1.82, 2.24) is 24.5 Å². The van der Waals surface area contributed by atoms with Crippen molar-refractivity contribution >= 4 is 25.0 Å². The molecule has 234 valence electrons. The largest absolute Gasteiger partial charge is 0.438 e. The van der Waals surface area contributed by atoms with Crippen LogP contribution in [0.1, 0.15) is 47.8 Å². The van der Waals surface area contributed by atoms with Gasteiger partial charge in [-0.05, 0) is 41.5 Å². The quantitative estimate of drug-likeness (QED) is 0.194. The van der Waals surface area contributed by atoms with Gasteiger partial charge in [0.1, 0.15) is 18.3 Å². The van der Waals surface area contributed by atoms with Crippen LogP contribution in [0.3, 0.4) is 0 Å². The van der Waals surface area contributed by atoms with Crippen LogP contribution in [0.4, 0.5) is 0 Å². The van der Waals surface area contributed by atoms with Gasteiger partial charge in [-0.2, -0.15) is 0 Å². The van der Waals surface area contributed by atoms with Gasteiger partial charge in [-0.3, -0.25) is 37.5 Å². The maximum Gasteiger partial charge on any atom is 0.388 e. The van der Waals surface area contributed by atoms with Crippen molar-refractivity contribution in [1.29, 1.82) is 0 Å². The molecule has 18 heteroatoms. The third-order valence-electron chi connectivity index (χ3n) is 5.93. The first-order chi connectivity index (χ1) is 19.5. The number of ether oxygens (including phenoxy) is 4. The van der Waals surface area contributed by atoms with E-state index in [1.54, 1.807) is 41.5 Å². The van der Waals surface area contributed by atoms with Gasteiger partial charge >= 0.3 is 25.2 Å². The van der Waals surface area contributed by atoms with Crippen molar-refractivity contribution in [3.63, 3.8) is 0 Å². The highest BCUT2D eigenvalue weighted by Crippen LogP contribution is 2.46. The third-order valence-corrected chi connectivity index (χ3v) is 7.59. The number of aromatic nitrogens is 5. The Morgan fingerprint density at radius 2 is 1.64 bits per heavy atom. The molecule has 2 aromatic rings. The Morgan fingerprint density at radius 3 is 2.14 bits per heavy atom. The predicted molar refractivity (Wildman–Crippen MR) is 142 cm³/mol. The Bertz CT molecular complexity index is 1390. The summed E-state index contributed by atoms with van der Waals surface area (Å²) in [5, 5.41) is 18.6. The Balaban J connectivity index is 1.78. The second kappa shape index (κ2) is 13.0. The van der Waals surface area contributed by atoms with Crippen molar-refractivity contribution in [3.8, 4) is 0 Å². The Morgan fingerprint density at radius 1 is 1.07 bits per heavy atom. The first kappa shape index (κ1) is 33.3. The topological polar surface area (TPSA) is 212 Å². The van der Waals surface area contributed by atoms with Gasteiger partial charge in [0, 0.05) is 19.4 Å². The van der Waals surface area contributed by atoms with Crippen LogP contribution < -0.4 is 16.7 Å². The summed E-state index contributed by atoms with van der Waals surface area (Å²) in [5.74, 6) is -1.26. The van der Waals surface area contributed by atoms with E-state index in [9.17, 15) is 28.8 Å².